The Kier molecular flexibility index (Phi) is 4.07. The van der Waals surface area contributed by atoms with Gasteiger partial charge in [0, 0.05) is 18.3 Å². The minimum Gasteiger partial charge on any atom is -0.482 e. The number of rotatable bonds is 5. The van der Waals surface area contributed by atoms with Crippen molar-refractivity contribution in [2.75, 3.05) is 0 Å². The van der Waals surface area contributed by atoms with Crippen molar-refractivity contribution in [2.45, 2.75) is 6.61 Å². The van der Waals surface area contributed by atoms with Crippen molar-refractivity contribution in [3.63, 3.8) is 0 Å². The van der Waals surface area contributed by atoms with Gasteiger partial charge in [-0.1, -0.05) is 0 Å². The number of nitro benzene ring substituents is 1. The standard InChI is InChI=1S/C13H11FN4O3/c14-9-1-2-11(18(19)20)12(6-9)21-7-8-3-4-17-10(5-8)13(15)16/h1-6H,7H2,(H3,15,16). The number of nitrogens with two attached hydrogens (primary N) is 1. The highest BCUT2D eigenvalue weighted by molar-refractivity contribution is 5.93. The third kappa shape index (κ3) is 3.50. The number of benzene rings is 1. The first-order chi connectivity index (χ1) is 9.97. The molecule has 0 saturated carbocycles. The zero-order valence-corrected chi connectivity index (χ0v) is 10.7. The Hall–Kier alpha value is -3.03. The number of nitrogen functional groups attached to an aromatic ring is 1. The van der Waals surface area contributed by atoms with E-state index in [1.54, 1.807) is 6.07 Å². The molecule has 2 aromatic rings. The van der Waals surface area contributed by atoms with Gasteiger partial charge in [-0.15, -0.1) is 0 Å². The average molecular weight is 290 g/mol. The second-order valence-corrected chi connectivity index (χ2v) is 4.12. The summed E-state index contributed by atoms with van der Waals surface area (Å²) in [6, 6.07) is 6.11. The second kappa shape index (κ2) is 5.95. The molecule has 0 saturated heterocycles. The molecular weight excluding hydrogens is 279 g/mol. The summed E-state index contributed by atoms with van der Waals surface area (Å²) in [5, 5.41) is 18.1. The predicted molar refractivity (Wildman–Crippen MR) is 72.6 cm³/mol. The van der Waals surface area contributed by atoms with Gasteiger partial charge in [0.2, 0.25) is 0 Å². The Morgan fingerprint density at radius 3 is 2.86 bits per heavy atom. The summed E-state index contributed by atoms with van der Waals surface area (Å²) in [6.45, 7) is -0.0346. The molecule has 0 fully saturated rings. The van der Waals surface area contributed by atoms with E-state index in [0.717, 1.165) is 18.2 Å². The molecule has 108 valence electrons. The van der Waals surface area contributed by atoms with Crippen molar-refractivity contribution in [3.8, 4) is 5.75 Å². The largest absolute Gasteiger partial charge is 0.482 e. The van der Waals surface area contributed by atoms with E-state index in [0.29, 0.717) is 5.56 Å². The van der Waals surface area contributed by atoms with Gasteiger partial charge in [-0.05, 0) is 23.8 Å². The maximum absolute atomic E-state index is 13.1. The third-order valence-corrected chi connectivity index (χ3v) is 2.61. The number of aromatic nitrogens is 1. The summed E-state index contributed by atoms with van der Waals surface area (Å²) in [4.78, 5) is 14.1. The van der Waals surface area contributed by atoms with Gasteiger partial charge in [0.05, 0.1) is 4.92 Å². The monoisotopic (exact) mass is 290 g/mol. The first-order valence-electron chi connectivity index (χ1n) is 5.83. The van der Waals surface area contributed by atoms with Gasteiger partial charge in [0.25, 0.3) is 0 Å². The molecular formula is C13H11FN4O3. The van der Waals surface area contributed by atoms with Crippen LogP contribution in [0.5, 0.6) is 5.75 Å². The van der Waals surface area contributed by atoms with Crippen molar-refractivity contribution >= 4 is 11.5 Å². The van der Waals surface area contributed by atoms with Crippen molar-refractivity contribution < 1.29 is 14.1 Å². The van der Waals surface area contributed by atoms with Crippen molar-refractivity contribution in [2.24, 2.45) is 5.73 Å². The maximum atomic E-state index is 13.1. The normalized spacial score (nSPS) is 10.1. The molecule has 0 atom stereocenters. The number of hydrogen-bond donors (Lipinski definition) is 2. The Balaban J connectivity index is 2.20. The van der Waals surface area contributed by atoms with Crippen LogP contribution in [0.3, 0.4) is 0 Å². The molecule has 21 heavy (non-hydrogen) atoms. The van der Waals surface area contributed by atoms with E-state index in [1.807, 2.05) is 0 Å². The van der Waals surface area contributed by atoms with Gasteiger partial charge in [-0.25, -0.2) is 4.39 Å². The van der Waals surface area contributed by atoms with Crippen LogP contribution < -0.4 is 10.5 Å². The molecule has 3 N–H and O–H groups in total. The van der Waals surface area contributed by atoms with Crippen LogP contribution in [0, 0.1) is 21.3 Å². The number of amidine groups is 1. The minimum absolute atomic E-state index is 0.0346. The Morgan fingerprint density at radius 2 is 2.19 bits per heavy atom. The van der Waals surface area contributed by atoms with Gasteiger partial charge in [0.15, 0.2) is 5.75 Å². The van der Waals surface area contributed by atoms with Crippen LogP contribution in [0.25, 0.3) is 0 Å². The highest BCUT2D eigenvalue weighted by atomic mass is 19.1. The molecule has 0 spiro atoms. The lowest BCUT2D eigenvalue weighted by atomic mass is 10.2. The van der Waals surface area contributed by atoms with Crippen LogP contribution in [0.1, 0.15) is 11.3 Å². The molecule has 0 aliphatic rings. The molecule has 0 bridgehead atoms. The molecule has 7 nitrogen and oxygen atoms in total. The van der Waals surface area contributed by atoms with Gasteiger partial charge >= 0.3 is 5.69 Å². The summed E-state index contributed by atoms with van der Waals surface area (Å²) < 4.78 is 18.4. The van der Waals surface area contributed by atoms with Crippen LogP contribution in [0.2, 0.25) is 0 Å². The summed E-state index contributed by atoms with van der Waals surface area (Å²) in [5.74, 6) is -0.996. The molecule has 8 heteroatoms. The Morgan fingerprint density at radius 1 is 1.43 bits per heavy atom. The lowest BCUT2D eigenvalue weighted by molar-refractivity contribution is -0.386. The van der Waals surface area contributed by atoms with Gasteiger partial charge in [-0.2, -0.15) is 0 Å². The van der Waals surface area contributed by atoms with E-state index in [4.69, 9.17) is 15.9 Å². The van der Waals surface area contributed by atoms with E-state index in [9.17, 15) is 14.5 Å². The van der Waals surface area contributed by atoms with Crippen molar-refractivity contribution in [1.82, 2.24) is 4.98 Å². The number of nitrogens with zero attached hydrogens (tertiary/aromatic N) is 2. The molecule has 0 aliphatic heterocycles. The fourth-order valence-electron chi connectivity index (χ4n) is 1.63. The van der Waals surface area contributed by atoms with E-state index < -0.39 is 10.7 Å². The first kappa shape index (κ1) is 14.4. The SMILES string of the molecule is N=C(N)c1cc(COc2cc(F)ccc2[N+](=O)[O-])ccn1. The topological polar surface area (TPSA) is 115 Å². The fraction of sp³-hybridized carbons (Fsp3) is 0.0769. The fourth-order valence-corrected chi connectivity index (χ4v) is 1.63. The van der Waals surface area contributed by atoms with Crippen LogP contribution in [-0.4, -0.2) is 15.7 Å². The van der Waals surface area contributed by atoms with E-state index >= 15 is 0 Å². The van der Waals surface area contributed by atoms with E-state index in [1.165, 1.54) is 12.3 Å². The van der Waals surface area contributed by atoms with Crippen LogP contribution in [-0.2, 0) is 6.61 Å². The highest BCUT2D eigenvalue weighted by Crippen LogP contribution is 2.28. The van der Waals surface area contributed by atoms with Gasteiger partial charge < -0.3 is 10.5 Å². The molecule has 2 rings (SSSR count). The van der Waals surface area contributed by atoms with Crippen LogP contribution in [0.4, 0.5) is 10.1 Å². The molecule has 1 aromatic carbocycles. The first-order valence-corrected chi connectivity index (χ1v) is 5.83. The van der Waals surface area contributed by atoms with E-state index in [2.05, 4.69) is 4.98 Å². The smallest absolute Gasteiger partial charge is 0.311 e. The molecule has 0 aliphatic carbocycles. The second-order valence-electron chi connectivity index (χ2n) is 4.12. The summed E-state index contributed by atoms with van der Waals surface area (Å²) in [6.07, 6.45) is 1.44. The minimum atomic E-state index is -0.650. The Labute approximate surface area is 118 Å². The zero-order chi connectivity index (χ0) is 15.4. The summed E-state index contributed by atoms with van der Waals surface area (Å²) in [7, 11) is 0. The predicted octanol–water partition coefficient (Wildman–Crippen LogP) is 1.99. The summed E-state index contributed by atoms with van der Waals surface area (Å²) in [5.41, 5.74) is 5.87. The summed E-state index contributed by atoms with van der Waals surface area (Å²) >= 11 is 0. The number of hydrogen-bond acceptors (Lipinski definition) is 5. The zero-order valence-electron chi connectivity index (χ0n) is 10.7. The third-order valence-electron chi connectivity index (χ3n) is 2.61. The number of pyridine rings is 1. The highest BCUT2D eigenvalue weighted by Gasteiger charge is 2.16. The number of ether oxygens (including phenoxy) is 1. The number of halogens is 1. The van der Waals surface area contributed by atoms with Crippen molar-refractivity contribution in [3.05, 3.63) is 63.7 Å². The molecule has 1 heterocycles. The number of nitrogens with one attached hydrogen (secondary N) is 1. The molecule has 1 aromatic heterocycles. The maximum Gasteiger partial charge on any atom is 0.311 e. The van der Waals surface area contributed by atoms with E-state index in [-0.39, 0.29) is 29.6 Å². The lowest BCUT2D eigenvalue weighted by Gasteiger charge is -2.07. The van der Waals surface area contributed by atoms with Crippen LogP contribution in [0.15, 0.2) is 36.5 Å². The van der Waals surface area contributed by atoms with Crippen LogP contribution >= 0.6 is 0 Å². The lowest BCUT2D eigenvalue weighted by Crippen LogP contribution is -2.13. The molecule has 0 unspecified atom stereocenters. The number of nitro groups is 1. The van der Waals surface area contributed by atoms with Gasteiger partial charge in [0.1, 0.15) is 24.0 Å². The quantitative estimate of drug-likeness (QED) is 0.378. The molecule has 0 amide bonds. The van der Waals surface area contributed by atoms with Gasteiger partial charge in [-0.3, -0.25) is 20.5 Å². The average Bonchev–Trinajstić information content (AvgIpc) is 2.45. The Bertz CT molecular complexity index is 706. The van der Waals surface area contributed by atoms with Crippen molar-refractivity contribution in [1.29, 1.82) is 5.41 Å². The molecule has 0 radical (unpaired) electrons.